The smallest absolute Gasteiger partial charge is 0.278 e. The summed E-state index contributed by atoms with van der Waals surface area (Å²) in [6, 6.07) is 13.1. The second-order valence-electron chi connectivity index (χ2n) is 6.13. The minimum atomic E-state index is -0.471. The quantitative estimate of drug-likeness (QED) is 0.352. The number of imidazole rings is 1. The molecule has 10 heteroatoms. The highest BCUT2D eigenvalue weighted by molar-refractivity contribution is 7.13. The number of benzene rings is 2. The maximum absolute atomic E-state index is 12.9. The maximum atomic E-state index is 12.9. The molecule has 150 valence electrons. The topological polar surface area (TPSA) is 123 Å². The van der Waals surface area contributed by atoms with Crippen molar-refractivity contribution in [3.8, 4) is 28.4 Å². The van der Waals surface area contributed by atoms with Crippen molar-refractivity contribution in [2.24, 2.45) is 0 Å². The number of hydrogen-bond donors (Lipinski definition) is 2. The largest absolute Gasteiger partial charge is 0.497 e. The van der Waals surface area contributed by atoms with Gasteiger partial charge in [0.1, 0.15) is 11.6 Å². The normalized spacial score (nSPS) is 10.6. The molecular weight excluding hydrogens is 406 g/mol. The summed E-state index contributed by atoms with van der Waals surface area (Å²) < 4.78 is 5.19. The van der Waals surface area contributed by atoms with Crippen LogP contribution in [0.1, 0.15) is 10.5 Å². The molecule has 0 aliphatic rings. The fourth-order valence-corrected chi connectivity index (χ4v) is 3.35. The minimum absolute atomic E-state index is 0.0255. The van der Waals surface area contributed by atoms with E-state index < -0.39 is 10.8 Å². The van der Waals surface area contributed by atoms with Crippen LogP contribution < -0.4 is 10.1 Å². The number of aromatic amines is 1. The fraction of sp³-hybridized carbons (Fsp3) is 0.0500. The summed E-state index contributed by atoms with van der Waals surface area (Å²) in [5, 5.41) is 15.8. The summed E-state index contributed by atoms with van der Waals surface area (Å²) in [4.78, 5) is 35.0. The molecule has 0 fully saturated rings. The van der Waals surface area contributed by atoms with E-state index >= 15 is 0 Å². The summed E-state index contributed by atoms with van der Waals surface area (Å²) >= 11 is 1.30. The lowest BCUT2D eigenvalue weighted by Crippen LogP contribution is -2.13. The van der Waals surface area contributed by atoms with Gasteiger partial charge in [-0.05, 0) is 36.4 Å². The SMILES string of the molecule is COc1ccc(-c2[nH]c(-c3ccc([N+](=O)[O-])cc3)nc2C(=O)Nc2nccs2)cc1. The van der Waals surface area contributed by atoms with Gasteiger partial charge in [-0.25, -0.2) is 9.97 Å². The van der Waals surface area contributed by atoms with Gasteiger partial charge in [0.15, 0.2) is 10.8 Å². The van der Waals surface area contributed by atoms with Gasteiger partial charge in [-0.15, -0.1) is 11.3 Å². The van der Waals surface area contributed by atoms with Gasteiger partial charge < -0.3 is 9.72 Å². The Bertz CT molecular complexity index is 1190. The number of carbonyl (C=O) groups excluding carboxylic acids is 1. The lowest BCUT2D eigenvalue weighted by Gasteiger charge is -2.04. The highest BCUT2D eigenvalue weighted by Crippen LogP contribution is 2.29. The van der Waals surface area contributed by atoms with Gasteiger partial charge >= 0.3 is 0 Å². The number of nitro groups is 1. The van der Waals surface area contributed by atoms with Crippen LogP contribution in [0, 0.1) is 10.1 Å². The molecular formula is C20H15N5O4S. The Morgan fingerprint density at radius 3 is 2.43 bits per heavy atom. The number of amides is 1. The number of anilines is 1. The van der Waals surface area contributed by atoms with Crippen molar-refractivity contribution < 1.29 is 14.5 Å². The Labute approximate surface area is 174 Å². The predicted molar refractivity (Wildman–Crippen MR) is 113 cm³/mol. The van der Waals surface area contributed by atoms with E-state index in [1.807, 2.05) is 12.1 Å². The van der Waals surface area contributed by atoms with E-state index in [0.29, 0.717) is 28.0 Å². The van der Waals surface area contributed by atoms with Crippen molar-refractivity contribution in [3.05, 3.63) is 75.9 Å². The third kappa shape index (κ3) is 3.89. The number of carbonyl (C=O) groups is 1. The molecule has 0 aliphatic heterocycles. The summed E-state index contributed by atoms with van der Waals surface area (Å²) in [6.45, 7) is 0. The van der Waals surface area contributed by atoms with E-state index in [-0.39, 0.29) is 11.4 Å². The predicted octanol–water partition coefficient (Wildman–Crippen LogP) is 4.37. The van der Waals surface area contributed by atoms with Gasteiger partial charge in [-0.2, -0.15) is 0 Å². The number of ether oxygens (including phenoxy) is 1. The molecule has 0 saturated carbocycles. The van der Waals surface area contributed by atoms with Gasteiger partial charge in [0, 0.05) is 34.8 Å². The molecule has 0 spiro atoms. The van der Waals surface area contributed by atoms with Crippen LogP contribution in [0.3, 0.4) is 0 Å². The number of nitro benzene ring substituents is 1. The zero-order chi connectivity index (χ0) is 21.1. The van der Waals surface area contributed by atoms with Crippen molar-refractivity contribution in [2.75, 3.05) is 12.4 Å². The number of non-ortho nitro benzene ring substituents is 1. The summed E-state index contributed by atoms with van der Waals surface area (Å²) in [7, 11) is 1.57. The van der Waals surface area contributed by atoms with Crippen LogP contribution in [0.4, 0.5) is 10.8 Å². The molecule has 2 heterocycles. The maximum Gasteiger partial charge on any atom is 0.278 e. The van der Waals surface area contributed by atoms with Gasteiger partial charge in [0.2, 0.25) is 0 Å². The third-order valence-electron chi connectivity index (χ3n) is 4.30. The number of methoxy groups -OCH3 is 1. The van der Waals surface area contributed by atoms with Crippen LogP contribution in [0.25, 0.3) is 22.6 Å². The summed E-state index contributed by atoms with van der Waals surface area (Å²) in [5.74, 6) is 0.683. The minimum Gasteiger partial charge on any atom is -0.497 e. The van der Waals surface area contributed by atoms with Crippen LogP contribution in [0.2, 0.25) is 0 Å². The van der Waals surface area contributed by atoms with E-state index in [2.05, 4.69) is 20.3 Å². The number of rotatable bonds is 6. The summed E-state index contributed by atoms with van der Waals surface area (Å²) in [6.07, 6.45) is 1.59. The van der Waals surface area contributed by atoms with E-state index in [4.69, 9.17) is 4.74 Å². The van der Waals surface area contributed by atoms with Crippen molar-refractivity contribution in [1.29, 1.82) is 0 Å². The van der Waals surface area contributed by atoms with Gasteiger partial charge in [-0.3, -0.25) is 20.2 Å². The Kier molecular flexibility index (Phi) is 5.22. The molecule has 4 aromatic rings. The molecule has 0 saturated heterocycles. The third-order valence-corrected chi connectivity index (χ3v) is 4.99. The second-order valence-corrected chi connectivity index (χ2v) is 7.03. The lowest BCUT2D eigenvalue weighted by molar-refractivity contribution is -0.384. The molecule has 0 aliphatic carbocycles. The fourth-order valence-electron chi connectivity index (χ4n) is 2.82. The first-order valence-corrected chi connectivity index (χ1v) is 9.63. The molecule has 2 N–H and O–H groups in total. The molecule has 30 heavy (non-hydrogen) atoms. The van der Waals surface area contributed by atoms with E-state index in [1.54, 1.807) is 43.0 Å². The number of thiazole rings is 1. The van der Waals surface area contributed by atoms with Gasteiger partial charge in [0.05, 0.1) is 17.7 Å². The van der Waals surface area contributed by atoms with Gasteiger partial charge in [0.25, 0.3) is 11.6 Å². The van der Waals surface area contributed by atoms with Crippen molar-refractivity contribution in [1.82, 2.24) is 15.0 Å². The zero-order valence-corrected chi connectivity index (χ0v) is 16.5. The van der Waals surface area contributed by atoms with Crippen molar-refractivity contribution in [3.63, 3.8) is 0 Å². The monoisotopic (exact) mass is 421 g/mol. The second kappa shape index (κ2) is 8.13. The van der Waals surface area contributed by atoms with Crippen LogP contribution in [-0.2, 0) is 0 Å². The number of nitrogens with zero attached hydrogens (tertiary/aromatic N) is 3. The average molecular weight is 421 g/mol. The number of hydrogen-bond acceptors (Lipinski definition) is 7. The van der Waals surface area contributed by atoms with Crippen LogP contribution >= 0.6 is 11.3 Å². The molecule has 2 aromatic carbocycles. The van der Waals surface area contributed by atoms with Crippen LogP contribution in [0.15, 0.2) is 60.1 Å². The van der Waals surface area contributed by atoms with Crippen molar-refractivity contribution in [2.45, 2.75) is 0 Å². The van der Waals surface area contributed by atoms with Gasteiger partial charge in [-0.1, -0.05) is 0 Å². The van der Waals surface area contributed by atoms with E-state index in [9.17, 15) is 14.9 Å². The van der Waals surface area contributed by atoms with Crippen LogP contribution in [0.5, 0.6) is 5.75 Å². The molecule has 2 aromatic heterocycles. The Morgan fingerprint density at radius 1 is 1.13 bits per heavy atom. The molecule has 0 unspecified atom stereocenters. The Balaban J connectivity index is 1.75. The first-order chi connectivity index (χ1) is 14.5. The standard InChI is InChI=1S/C20H15N5O4S/c1-29-15-8-4-12(5-9-15)16-17(19(26)24-20-21-10-11-30-20)23-18(22-16)13-2-6-14(7-3-13)25(27)28/h2-11H,1H3,(H,22,23)(H,21,24,26). The first-order valence-electron chi connectivity index (χ1n) is 8.75. The molecule has 4 rings (SSSR count). The average Bonchev–Trinajstić information content (AvgIpc) is 3.44. The number of nitrogens with one attached hydrogen (secondary N) is 2. The molecule has 0 radical (unpaired) electrons. The van der Waals surface area contributed by atoms with E-state index in [1.165, 1.54) is 23.5 Å². The lowest BCUT2D eigenvalue weighted by atomic mass is 10.1. The number of H-pyrrole nitrogens is 1. The Hall–Kier alpha value is -4.05. The van der Waals surface area contributed by atoms with E-state index in [0.717, 1.165) is 5.56 Å². The molecule has 0 atom stereocenters. The Morgan fingerprint density at radius 2 is 1.83 bits per heavy atom. The first kappa shape index (κ1) is 19.3. The van der Waals surface area contributed by atoms with Crippen LogP contribution in [-0.4, -0.2) is 32.9 Å². The molecule has 9 nitrogen and oxygen atoms in total. The van der Waals surface area contributed by atoms with Crippen molar-refractivity contribution >= 4 is 28.1 Å². The summed E-state index contributed by atoms with van der Waals surface area (Å²) in [5.41, 5.74) is 2.02. The molecule has 0 bridgehead atoms. The highest BCUT2D eigenvalue weighted by Gasteiger charge is 2.21. The highest BCUT2D eigenvalue weighted by atomic mass is 32.1. The molecule has 1 amide bonds. The zero-order valence-electron chi connectivity index (χ0n) is 15.7. The number of aromatic nitrogens is 3.